The van der Waals surface area contributed by atoms with Crippen molar-refractivity contribution < 1.29 is 19.8 Å². The van der Waals surface area contributed by atoms with Gasteiger partial charge in [0.1, 0.15) is 11.8 Å². The second kappa shape index (κ2) is 8.51. The van der Waals surface area contributed by atoms with Gasteiger partial charge < -0.3 is 10.2 Å². The minimum atomic E-state index is -1.06. The fraction of sp³-hybridized carbons (Fsp3) is 0.333. The Morgan fingerprint density at radius 3 is 2.50 bits per heavy atom. The van der Waals surface area contributed by atoms with Gasteiger partial charge >= 0.3 is 5.97 Å². The number of aliphatic carboxylic acids is 1. The summed E-state index contributed by atoms with van der Waals surface area (Å²) in [5.41, 5.74) is 2.74. The Kier molecular flexibility index (Phi) is 7.27. The summed E-state index contributed by atoms with van der Waals surface area (Å²) >= 11 is 0. The molecular formula is C18H21NNaO4. The molecule has 1 heterocycles. The third-order valence-electron chi connectivity index (χ3n) is 4.15. The molecule has 1 aliphatic rings. The van der Waals surface area contributed by atoms with Gasteiger partial charge in [0.15, 0.2) is 0 Å². The predicted molar refractivity (Wildman–Crippen MR) is 94.6 cm³/mol. The van der Waals surface area contributed by atoms with E-state index < -0.39 is 12.0 Å². The van der Waals surface area contributed by atoms with Crippen LogP contribution in [0.4, 0.5) is 5.69 Å². The van der Waals surface area contributed by atoms with Crippen molar-refractivity contribution in [2.45, 2.75) is 38.6 Å². The summed E-state index contributed by atoms with van der Waals surface area (Å²) in [6.07, 6.45) is 4.97. The average molecular weight is 338 g/mol. The zero-order chi connectivity index (χ0) is 17.1. The molecule has 0 spiro atoms. The fourth-order valence-electron chi connectivity index (χ4n) is 3.00. The van der Waals surface area contributed by atoms with Crippen LogP contribution in [0.1, 0.15) is 30.0 Å². The summed E-state index contributed by atoms with van der Waals surface area (Å²) in [4.78, 5) is 25.0. The Balaban J connectivity index is 0.00000288. The van der Waals surface area contributed by atoms with Gasteiger partial charge in [0, 0.05) is 47.2 Å². The molecule has 1 aromatic carbocycles. The average Bonchev–Trinajstić information content (AvgIpc) is 2.51. The number of nitrogens with zero attached hydrogens (tertiary/aromatic N) is 1. The van der Waals surface area contributed by atoms with Crippen LogP contribution in [0.3, 0.4) is 0 Å². The molecule has 0 aliphatic carbocycles. The van der Waals surface area contributed by atoms with Crippen LogP contribution in [0.25, 0.3) is 0 Å². The maximum absolute atomic E-state index is 12.3. The number of carboxylic acids is 1. The van der Waals surface area contributed by atoms with E-state index in [0.717, 1.165) is 5.56 Å². The molecule has 0 aromatic heterocycles. The van der Waals surface area contributed by atoms with E-state index in [1.807, 2.05) is 0 Å². The maximum atomic E-state index is 12.3. The van der Waals surface area contributed by atoms with Crippen LogP contribution in [-0.4, -0.2) is 57.7 Å². The molecule has 0 saturated heterocycles. The fourth-order valence-corrected chi connectivity index (χ4v) is 3.00. The molecule has 0 saturated carbocycles. The van der Waals surface area contributed by atoms with Gasteiger partial charge in [-0.3, -0.25) is 9.69 Å². The van der Waals surface area contributed by atoms with Gasteiger partial charge in [-0.2, -0.15) is 0 Å². The summed E-state index contributed by atoms with van der Waals surface area (Å²) in [7, 11) is 0. The minimum Gasteiger partial charge on any atom is -0.507 e. The van der Waals surface area contributed by atoms with Gasteiger partial charge in [-0.1, -0.05) is 12.2 Å². The number of benzene rings is 1. The van der Waals surface area contributed by atoms with Gasteiger partial charge in [-0.15, -0.1) is 13.2 Å². The zero-order valence-corrected chi connectivity index (χ0v) is 16.2. The molecule has 24 heavy (non-hydrogen) atoms. The van der Waals surface area contributed by atoms with Crippen LogP contribution in [0, 0.1) is 0 Å². The second-order valence-corrected chi connectivity index (χ2v) is 5.62. The Hall–Kier alpha value is -1.56. The van der Waals surface area contributed by atoms with Crippen LogP contribution >= 0.6 is 0 Å². The summed E-state index contributed by atoms with van der Waals surface area (Å²) in [5, 5.41) is 19.8. The normalized spacial score (nSPS) is 14.4. The van der Waals surface area contributed by atoms with E-state index in [9.17, 15) is 19.8 Å². The molecule has 2 N–H and O–H groups in total. The zero-order valence-electron chi connectivity index (χ0n) is 14.2. The molecule has 1 unspecified atom stereocenters. The molecule has 1 amide bonds. The largest absolute Gasteiger partial charge is 0.507 e. The summed E-state index contributed by atoms with van der Waals surface area (Å²) in [6, 6.07) is 0.745. The first-order valence-electron chi connectivity index (χ1n) is 7.55. The van der Waals surface area contributed by atoms with Crippen LogP contribution in [0.5, 0.6) is 5.75 Å². The van der Waals surface area contributed by atoms with Gasteiger partial charge in [-0.05, 0) is 43.4 Å². The number of carboxylic acid groups (broad SMARTS) is 1. The molecule has 2 rings (SSSR count). The first-order chi connectivity index (χ1) is 10.9. The number of phenols is 1. The number of amides is 1. The standard InChI is InChI=1S/C18H21NO4.Na/c1-4-6-12-10-15-13(14(7-5-2)17(12)21)8-9-16(20)19(15)11(3)18(22)23;/h4-5,10-11,21H,1-2,6-9H2,3H3,(H,22,23);. The molecule has 0 bridgehead atoms. The first kappa shape index (κ1) is 20.5. The van der Waals surface area contributed by atoms with Crippen molar-refractivity contribution in [1.82, 2.24) is 0 Å². The minimum absolute atomic E-state index is 0. The Labute approximate surface area is 164 Å². The number of hydrogen-bond donors (Lipinski definition) is 2. The van der Waals surface area contributed by atoms with E-state index in [0.29, 0.717) is 36.1 Å². The maximum Gasteiger partial charge on any atom is 0.326 e. The summed E-state index contributed by atoms with van der Waals surface area (Å²) in [5.74, 6) is -1.09. The van der Waals surface area contributed by atoms with Crippen molar-refractivity contribution in [3.63, 3.8) is 0 Å². The van der Waals surface area contributed by atoms with Crippen molar-refractivity contribution in [2.75, 3.05) is 4.90 Å². The van der Waals surface area contributed by atoms with Gasteiger partial charge in [-0.25, -0.2) is 4.79 Å². The number of carbonyl (C=O) groups excluding carboxylic acids is 1. The summed E-state index contributed by atoms with van der Waals surface area (Å²) < 4.78 is 0. The summed E-state index contributed by atoms with van der Waals surface area (Å²) in [6.45, 7) is 8.88. The molecule has 1 aliphatic heterocycles. The van der Waals surface area contributed by atoms with Crippen molar-refractivity contribution in [3.8, 4) is 5.75 Å². The number of aromatic hydroxyl groups is 1. The third kappa shape index (κ3) is 3.74. The van der Waals surface area contributed by atoms with Crippen LogP contribution in [-0.2, 0) is 28.9 Å². The monoisotopic (exact) mass is 338 g/mol. The van der Waals surface area contributed by atoms with Gasteiger partial charge in [0.25, 0.3) is 0 Å². The van der Waals surface area contributed by atoms with Gasteiger partial charge in [0.05, 0.1) is 0 Å². The Morgan fingerprint density at radius 2 is 1.96 bits per heavy atom. The van der Waals surface area contributed by atoms with Crippen molar-refractivity contribution in [3.05, 3.63) is 48.1 Å². The topological polar surface area (TPSA) is 77.8 Å². The van der Waals surface area contributed by atoms with Crippen molar-refractivity contribution in [2.24, 2.45) is 0 Å². The number of carbonyl (C=O) groups is 2. The molecule has 6 heteroatoms. The number of fused-ring (bicyclic) bond motifs is 1. The van der Waals surface area contributed by atoms with Crippen LogP contribution in [0.15, 0.2) is 31.4 Å². The van der Waals surface area contributed by atoms with Crippen LogP contribution in [0.2, 0.25) is 0 Å². The van der Waals surface area contributed by atoms with E-state index in [4.69, 9.17) is 0 Å². The molecule has 1 radical (unpaired) electrons. The van der Waals surface area contributed by atoms with Crippen LogP contribution < -0.4 is 4.90 Å². The smallest absolute Gasteiger partial charge is 0.326 e. The first-order valence-corrected chi connectivity index (χ1v) is 7.55. The Bertz CT molecular complexity index is 684. The SMILES string of the molecule is C=CCc1cc2c(c(CC=C)c1O)CCC(=O)N2C(C)C(=O)O.[Na]. The molecule has 0 fully saturated rings. The van der Waals surface area contributed by atoms with E-state index in [1.54, 1.807) is 18.2 Å². The van der Waals surface area contributed by atoms with E-state index in [-0.39, 0.29) is 47.6 Å². The van der Waals surface area contributed by atoms with Crippen molar-refractivity contribution in [1.29, 1.82) is 0 Å². The number of allylic oxidation sites excluding steroid dienone is 2. The molecule has 1 aromatic rings. The molecule has 5 nitrogen and oxygen atoms in total. The number of rotatable bonds is 6. The quantitative estimate of drug-likeness (QED) is 0.616. The molecule has 1 atom stereocenters. The predicted octanol–water partition coefficient (Wildman–Crippen LogP) is 2.22. The Morgan fingerprint density at radius 1 is 1.33 bits per heavy atom. The van der Waals surface area contributed by atoms with E-state index in [2.05, 4.69) is 13.2 Å². The number of hydrogen-bond acceptors (Lipinski definition) is 3. The molecule has 123 valence electrons. The molecular weight excluding hydrogens is 317 g/mol. The number of anilines is 1. The second-order valence-electron chi connectivity index (χ2n) is 5.62. The number of phenolic OH excluding ortho intramolecular Hbond substituents is 1. The van der Waals surface area contributed by atoms with E-state index in [1.165, 1.54) is 11.8 Å². The van der Waals surface area contributed by atoms with E-state index >= 15 is 0 Å². The third-order valence-corrected chi connectivity index (χ3v) is 4.15. The van der Waals surface area contributed by atoms with Crippen molar-refractivity contribution >= 4 is 47.1 Å². The van der Waals surface area contributed by atoms with Gasteiger partial charge in [0.2, 0.25) is 5.91 Å².